The molecular weight excluding hydrogens is 1420 g/mol. The van der Waals surface area contributed by atoms with Gasteiger partial charge in [-0.05, 0) is 412 Å². The SMILES string of the molecule is C=C1CCC2[C@H](CC=O)C([C@@]3(C)CC[C@H](C)C[C@@H]3OC(C)=O)CC[C@]12C.C=C1CCC2[C@H](CCN3CCCC3)C([C@@]3(C)CC[C@H](C)C[C@@H]3OC(C)=O)CC[C@]12C.C=C1CCC2[C@H](CCN3CCCC3)C([C@@]3(C)CC[C@H](O)C[C@@H]3O)CC[C@]12C.C=C1CCC2[C@H](CCN3CCCC3)C([C@@]3(C)CC[C@H](O)C[C@@H]3O)CC[C@]12C.CC(=O)O. The van der Waals surface area contributed by atoms with Crippen LogP contribution in [0.15, 0.2) is 48.6 Å². The van der Waals surface area contributed by atoms with E-state index >= 15 is 0 Å². The summed E-state index contributed by atoms with van der Waals surface area (Å²) >= 11 is 0. The van der Waals surface area contributed by atoms with Gasteiger partial charge in [-0.2, -0.15) is 0 Å². The van der Waals surface area contributed by atoms with E-state index in [9.17, 15) is 34.8 Å². The van der Waals surface area contributed by atoms with Crippen molar-refractivity contribution in [1.29, 1.82) is 0 Å². The first-order valence-electron chi connectivity index (χ1n) is 47.5. The Morgan fingerprint density at radius 1 is 0.386 bits per heavy atom. The van der Waals surface area contributed by atoms with E-state index in [1.54, 1.807) is 6.92 Å². The first-order valence-corrected chi connectivity index (χ1v) is 47.5. The Bertz CT molecular complexity index is 3180. The number of aldehydes is 1. The fraction of sp³-hybridized carbons (Fsp3) is 0.880. The second-order valence-electron chi connectivity index (χ2n) is 43.7. The lowest BCUT2D eigenvalue weighted by Crippen LogP contribution is -2.53. The Hall–Kier alpha value is -3.24. The average molecular weight is 1590 g/mol. The van der Waals surface area contributed by atoms with Crippen molar-refractivity contribution in [3.63, 3.8) is 0 Å². The summed E-state index contributed by atoms with van der Waals surface area (Å²) < 4.78 is 11.9. The molecule has 0 aromatic carbocycles. The van der Waals surface area contributed by atoms with E-state index in [1.807, 2.05) is 0 Å². The van der Waals surface area contributed by atoms with Crippen LogP contribution in [0.25, 0.3) is 0 Å². The molecular formula is C100H167N3O11. The quantitative estimate of drug-likeness (QED) is 0.0524. The first-order chi connectivity index (χ1) is 53.9. The Balaban J connectivity index is 0.000000148. The van der Waals surface area contributed by atoms with Crippen molar-refractivity contribution in [3.05, 3.63) is 48.6 Å². The van der Waals surface area contributed by atoms with Gasteiger partial charge in [0.2, 0.25) is 0 Å². The van der Waals surface area contributed by atoms with Crippen molar-refractivity contribution >= 4 is 24.2 Å². The number of carbonyl (C=O) groups is 4. The highest BCUT2D eigenvalue weighted by Gasteiger charge is 2.62. The third-order valence-corrected chi connectivity index (χ3v) is 37.5. The second-order valence-corrected chi connectivity index (χ2v) is 43.7. The molecule has 0 aromatic heterocycles. The van der Waals surface area contributed by atoms with Gasteiger partial charge >= 0.3 is 11.9 Å². The van der Waals surface area contributed by atoms with E-state index in [1.165, 1.54) is 242 Å². The molecule has 5 N–H and O–H groups in total. The first kappa shape index (κ1) is 91.5. The third-order valence-electron chi connectivity index (χ3n) is 37.5. The van der Waals surface area contributed by atoms with Crippen LogP contribution in [0.1, 0.15) is 334 Å². The number of allylic oxidation sites excluding steroid dienone is 4. The molecule has 14 heteroatoms. The largest absolute Gasteiger partial charge is 0.481 e. The topological polar surface area (TPSA) is 198 Å². The maximum absolute atomic E-state index is 12.0. The number of likely N-dealkylation sites (tertiary alicyclic amines) is 3. The highest BCUT2D eigenvalue weighted by Crippen LogP contribution is 2.69. The number of aliphatic hydroxyl groups is 4. The number of carboxylic acids is 1. The summed E-state index contributed by atoms with van der Waals surface area (Å²) in [5.74, 6) is 7.76. The molecule has 15 fully saturated rings. The van der Waals surface area contributed by atoms with Gasteiger partial charge in [0, 0.05) is 38.0 Å². The number of aliphatic carboxylic acids is 1. The van der Waals surface area contributed by atoms with E-state index < -0.39 is 5.97 Å². The van der Waals surface area contributed by atoms with Crippen molar-refractivity contribution < 1.29 is 54.2 Å². The number of esters is 2. The van der Waals surface area contributed by atoms with Crippen LogP contribution in [0, 0.1) is 126 Å². The summed E-state index contributed by atoms with van der Waals surface area (Å²) in [7, 11) is 0. The van der Waals surface area contributed by atoms with Crippen LogP contribution in [-0.4, -0.2) is 160 Å². The summed E-state index contributed by atoms with van der Waals surface area (Å²) in [5.41, 5.74) is 7.09. The molecule has 3 aliphatic heterocycles. The zero-order chi connectivity index (χ0) is 82.7. The van der Waals surface area contributed by atoms with Crippen LogP contribution in [0.2, 0.25) is 0 Å². The maximum atomic E-state index is 12.0. The zero-order valence-corrected chi connectivity index (χ0v) is 74.7. The molecule has 0 bridgehead atoms. The molecule has 15 aliphatic rings. The average Bonchev–Trinajstić information content (AvgIpc) is 1.27. The molecule has 0 amide bonds. The van der Waals surface area contributed by atoms with Gasteiger partial charge in [0.05, 0.1) is 24.4 Å². The Labute approximate surface area is 693 Å². The molecule has 648 valence electrons. The lowest BCUT2D eigenvalue weighted by atomic mass is 9.50. The molecule has 0 radical (unpaired) electrons. The summed E-state index contributed by atoms with van der Waals surface area (Å²) in [6.45, 7) is 57.4. The van der Waals surface area contributed by atoms with E-state index in [2.05, 4.69) is 110 Å². The van der Waals surface area contributed by atoms with Crippen LogP contribution in [-0.2, 0) is 28.7 Å². The number of rotatable bonds is 17. The number of hydrogen-bond acceptors (Lipinski definition) is 13. The minimum Gasteiger partial charge on any atom is -0.481 e. The number of carboxylic acid groups (broad SMARTS) is 1. The highest BCUT2D eigenvalue weighted by atomic mass is 16.5. The Kier molecular flexibility index (Phi) is 30.5. The minimum absolute atomic E-state index is 0.0168. The van der Waals surface area contributed by atoms with E-state index in [0.717, 1.165) is 108 Å². The molecule has 12 aliphatic carbocycles. The normalized spacial score (nSPS) is 45.6. The van der Waals surface area contributed by atoms with Gasteiger partial charge in [0.25, 0.3) is 5.97 Å². The van der Waals surface area contributed by atoms with Crippen molar-refractivity contribution in [3.8, 4) is 0 Å². The molecule has 3 saturated heterocycles. The summed E-state index contributed by atoms with van der Waals surface area (Å²) in [5, 5.41) is 49.6. The minimum atomic E-state index is -0.833. The molecule has 8 unspecified atom stereocenters. The lowest BCUT2D eigenvalue weighted by molar-refractivity contribution is -0.170. The summed E-state index contributed by atoms with van der Waals surface area (Å²) in [6.07, 6.45) is 43.7. The molecule has 0 spiro atoms. The van der Waals surface area contributed by atoms with Crippen LogP contribution in [0.5, 0.6) is 0 Å². The summed E-state index contributed by atoms with van der Waals surface area (Å²) in [6, 6.07) is 0. The smallest absolute Gasteiger partial charge is 0.302 e. The molecule has 14 nitrogen and oxygen atoms in total. The van der Waals surface area contributed by atoms with Crippen LogP contribution in [0.3, 0.4) is 0 Å². The van der Waals surface area contributed by atoms with Gasteiger partial charge in [0.1, 0.15) is 18.5 Å². The standard InChI is InChI=1S/C27H45NO2.2C24H41NO2.C23H36O3.C2H4O2/c1-19-10-13-27(5,25(18-19)30-21(3)29)24-11-14-26(4)20(2)8-9-23(26)22(24)12-17-28-15-6-7-16-28;2*1-17-6-7-20-19(10-15-25-13-4-5-14-25)21(9-12-23(17,20)2)24(3)11-8-18(26)16-22(24)27;1-15-8-11-23(5,21(14-15)26-17(3)25)20-9-12-22(4)16(2)6-7-19(22)18(20)10-13-24;1-2(3)4/h19,22-25H,2,6-18H2,1,3-5H3;2*18-22,26-27H,1,4-16H2,2-3H3;13,15,18-21H,2,6-12,14H2,1,3-5H3;1H3,(H,3,4)/t19-,22-,23?,24?,25-,26+,27+;2*18-,19-,20?,21?,22-,23+,24+;15-,18-,19?,20?,21-,22+,23+;/m0000./s1. The number of fused-ring (bicyclic) bond motifs is 4. The van der Waals surface area contributed by atoms with Gasteiger partial charge < -0.3 is 54.5 Å². The van der Waals surface area contributed by atoms with Gasteiger partial charge in [-0.25, -0.2) is 0 Å². The predicted molar refractivity (Wildman–Crippen MR) is 461 cm³/mol. The third kappa shape index (κ3) is 19.3. The van der Waals surface area contributed by atoms with Crippen molar-refractivity contribution in [2.24, 2.45) is 126 Å². The van der Waals surface area contributed by atoms with Gasteiger partial charge in [-0.3, -0.25) is 14.4 Å². The monoisotopic (exact) mass is 1590 g/mol. The number of hydrogen-bond donors (Lipinski definition) is 5. The second kappa shape index (κ2) is 38.0. The van der Waals surface area contributed by atoms with Gasteiger partial charge in [-0.1, -0.05) is 118 Å². The molecule has 0 aromatic rings. The summed E-state index contributed by atoms with van der Waals surface area (Å²) in [4.78, 5) is 52.4. The van der Waals surface area contributed by atoms with Crippen molar-refractivity contribution in [1.82, 2.24) is 14.7 Å². The number of aliphatic hydroxyl groups excluding tert-OH is 4. The molecule has 12 saturated carbocycles. The highest BCUT2D eigenvalue weighted by molar-refractivity contribution is 5.66. The zero-order valence-electron chi connectivity index (χ0n) is 74.7. The Morgan fingerprint density at radius 3 is 0.921 bits per heavy atom. The van der Waals surface area contributed by atoms with Crippen molar-refractivity contribution in [2.45, 2.75) is 371 Å². The van der Waals surface area contributed by atoms with E-state index in [0.29, 0.717) is 94.7 Å². The van der Waals surface area contributed by atoms with E-state index in [4.69, 9.17) is 19.4 Å². The molecule has 15 rings (SSSR count). The molecule has 3 heterocycles. The fourth-order valence-electron chi connectivity index (χ4n) is 29.7. The Morgan fingerprint density at radius 2 is 0.649 bits per heavy atom. The van der Waals surface area contributed by atoms with Gasteiger partial charge in [0.15, 0.2) is 0 Å². The predicted octanol–water partition coefficient (Wildman–Crippen LogP) is 20.4. The van der Waals surface area contributed by atoms with Crippen LogP contribution < -0.4 is 0 Å². The number of nitrogens with zero attached hydrogens (tertiary/aromatic N) is 3. The van der Waals surface area contributed by atoms with E-state index in [-0.39, 0.29) is 75.6 Å². The number of carbonyl (C=O) groups excluding carboxylic acids is 3. The molecule has 114 heavy (non-hydrogen) atoms. The van der Waals surface area contributed by atoms with Crippen molar-refractivity contribution in [2.75, 3.05) is 58.9 Å². The van der Waals surface area contributed by atoms with Crippen LogP contribution >= 0.6 is 0 Å². The van der Waals surface area contributed by atoms with Crippen LogP contribution in [0.4, 0.5) is 0 Å². The number of ether oxygens (including phenoxy) is 2. The molecule has 28 atom stereocenters. The lowest BCUT2D eigenvalue weighted by Gasteiger charge is -2.56. The fourth-order valence-corrected chi connectivity index (χ4v) is 29.7. The van der Waals surface area contributed by atoms with Gasteiger partial charge in [-0.15, -0.1) is 0 Å². The maximum Gasteiger partial charge on any atom is 0.302 e.